The SMILES string of the molecule is Cc1ccc(NS(C)(=O)=O)c(C(=O)N2CCCC[C@H]2c2nc3nc(C)cc(C)n3n2)c1. The van der Waals surface area contributed by atoms with Crippen molar-refractivity contribution in [3.63, 3.8) is 0 Å². The Kier molecular flexibility index (Phi) is 5.42. The van der Waals surface area contributed by atoms with E-state index < -0.39 is 10.0 Å². The van der Waals surface area contributed by atoms with Crippen LogP contribution in [0.15, 0.2) is 24.3 Å². The molecule has 1 aliphatic rings. The molecule has 1 amide bonds. The van der Waals surface area contributed by atoms with Crippen LogP contribution >= 0.6 is 0 Å². The number of nitrogens with zero attached hydrogens (tertiary/aromatic N) is 5. The quantitative estimate of drug-likeness (QED) is 0.665. The minimum atomic E-state index is -3.53. The number of anilines is 1. The van der Waals surface area contributed by atoms with E-state index in [4.69, 9.17) is 0 Å². The lowest BCUT2D eigenvalue weighted by atomic mass is 9.99. The van der Waals surface area contributed by atoms with Gasteiger partial charge in [0.25, 0.3) is 11.7 Å². The first kappa shape index (κ1) is 21.2. The van der Waals surface area contributed by atoms with Crippen LogP contribution in [0.25, 0.3) is 5.78 Å². The Labute approximate surface area is 181 Å². The zero-order chi connectivity index (χ0) is 22.3. The first-order valence-electron chi connectivity index (χ1n) is 10.2. The molecule has 1 saturated heterocycles. The number of rotatable bonds is 4. The van der Waals surface area contributed by atoms with Crippen molar-refractivity contribution in [1.29, 1.82) is 0 Å². The molecule has 1 aliphatic heterocycles. The number of carbonyl (C=O) groups is 1. The van der Waals surface area contributed by atoms with Crippen LogP contribution in [0.3, 0.4) is 0 Å². The molecule has 4 rings (SSSR count). The number of aryl methyl sites for hydroxylation is 3. The van der Waals surface area contributed by atoms with Crippen molar-refractivity contribution in [3.8, 4) is 0 Å². The molecule has 0 radical (unpaired) electrons. The number of hydrogen-bond donors (Lipinski definition) is 1. The first-order chi connectivity index (χ1) is 14.6. The van der Waals surface area contributed by atoms with Gasteiger partial charge < -0.3 is 4.90 Å². The second-order valence-corrected chi connectivity index (χ2v) is 9.90. The van der Waals surface area contributed by atoms with E-state index in [2.05, 4.69) is 19.8 Å². The van der Waals surface area contributed by atoms with E-state index in [9.17, 15) is 13.2 Å². The largest absolute Gasteiger partial charge is 0.328 e. The molecule has 10 heteroatoms. The maximum atomic E-state index is 13.6. The molecule has 1 fully saturated rings. The third kappa shape index (κ3) is 4.39. The average Bonchev–Trinajstić information content (AvgIpc) is 3.12. The van der Waals surface area contributed by atoms with Crippen molar-refractivity contribution >= 4 is 27.4 Å². The number of sulfonamides is 1. The minimum Gasteiger partial charge on any atom is -0.328 e. The van der Waals surface area contributed by atoms with Gasteiger partial charge in [-0.1, -0.05) is 11.6 Å². The molecular formula is C21H26N6O3S. The smallest absolute Gasteiger partial charge is 0.256 e. The molecule has 0 bridgehead atoms. The second kappa shape index (κ2) is 7.92. The zero-order valence-corrected chi connectivity index (χ0v) is 18.9. The molecule has 0 unspecified atom stereocenters. The van der Waals surface area contributed by atoms with Gasteiger partial charge in [0.2, 0.25) is 10.0 Å². The Morgan fingerprint density at radius 3 is 2.65 bits per heavy atom. The van der Waals surface area contributed by atoms with E-state index >= 15 is 0 Å². The molecule has 3 heterocycles. The Bertz CT molecular complexity index is 1270. The molecule has 0 spiro atoms. The third-order valence-electron chi connectivity index (χ3n) is 5.40. The highest BCUT2D eigenvalue weighted by atomic mass is 32.2. The van der Waals surface area contributed by atoms with Gasteiger partial charge in [0.1, 0.15) is 0 Å². The van der Waals surface area contributed by atoms with Crippen LogP contribution < -0.4 is 4.72 Å². The van der Waals surface area contributed by atoms with Gasteiger partial charge in [-0.25, -0.2) is 17.9 Å². The van der Waals surface area contributed by atoms with Crippen molar-refractivity contribution in [3.05, 3.63) is 52.6 Å². The van der Waals surface area contributed by atoms with Crippen LogP contribution in [0.4, 0.5) is 5.69 Å². The van der Waals surface area contributed by atoms with E-state index in [0.29, 0.717) is 23.7 Å². The summed E-state index contributed by atoms with van der Waals surface area (Å²) in [5.74, 6) is 0.833. The van der Waals surface area contributed by atoms with Gasteiger partial charge in [-0.3, -0.25) is 9.52 Å². The fourth-order valence-electron chi connectivity index (χ4n) is 4.04. The summed E-state index contributed by atoms with van der Waals surface area (Å²) in [5.41, 5.74) is 3.26. The Balaban J connectivity index is 1.74. The van der Waals surface area contributed by atoms with E-state index in [1.54, 1.807) is 27.6 Å². The lowest BCUT2D eigenvalue weighted by molar-refractivity contribution is 0.0601. The van der Waals surface area contributed by atoms with Crippen LogP contribution in [0.1, 0.15) is 58.4 Å². The van der Waals surface area contributed by atoms with Gasteiger partial charge >= 0.3 is 0 Å². The number of amides is 1. The Morgan fingerprint density at radius 2 is 1.90 bits per heavy atom. The Hall–Kier alpha value is -3.01. The number of hydrogen-bond acceptors (Lipinski definition) is 6. The first-order valence-corrected chi connectivity index (χ1v) is 12.1. The summed E-state index contributed by atoms with van der Waals surface area (Å²) in [6.45, 7) is 6.28. The second-order valence-electron chi connectivity index (χ2n) is 8.15. The van der Waals surface area contributed by atoms with Crippen LogP contribution in [-0.2, 0) is 10.0 Å². The summed E-state index contributed by atoms with van der Waals surface area (Å²) >= 11 is 0. The monoisotopic (exact) mass is 442 g/mol. The summed E-state index contributed by atoms with van der Waals surface area (Å²) < 4.78 is 27.8. The number of aromatic nitrogens is 4. The summed E-state index contributed by atoms with van der Waals surface area (Å²) in [6.07, 6.45) is 3.63. The van der Waals surface area contributed by atoms with Gasteiger partial charge in [0, 0.05) is 17.9 Å². The van der Waals surface area contributed by atoms with Crippen molar-refractivity contribution in [2.75, 3.05) is 17.5 Å². The number of piperidine rings is 1. The fraction of sp³-hybridized carbons (Fsp3) is 0.429. The van der Waals surface area contributed by atoms with E-state index in [1.165, 1.54) is 0 Å². The van der Waals surface area contributed by atoms with Gasteiger partial charge in [0.05, 0.1) is 23.5 Å². The number of benzene rings is 1. The molecule has 1 N–H and O–H groups in total. The minimum absolute atomic E-state index is 0.237. The molecule has 164 valence electrons. The van der Waals surface area contributed by atoms with Crippen LogP contribution in [0, 0.1) is 20.8 Å². The molecule has 2 aromatic heterocycles. The lowest BCUT2D eigenvalue weighted by Crippen LogP contribution is -2.39. The molecular weight excluding hydrogens is 416 g/mol. The summed E-state index contributed by atoms with van der Waals surface area (Å²) in [7, 11) is -3.53. The molecule has 0 saturated carbocycles. The van der Waals surface area contributed by atoms with E-state index in [-0.39, 0.29) is 17.6 Å². The highest BCUT2D eigenvalue weighted by molar-refractivity contribution is 7.92. The van der Waals surface area contributed by atoms with Gasteiger partial charge in [-0.15, -0.1) is 5.10 Å². The van der Waals surface area contributed by atoms with Crippen LogP contribution in [0.2, 0.25) is 0 Å². The molecule has 1 aromatic carbocycles. The number of carbonyl (C=O) groups excluding carboxylic acids is 1. The lowest BCUT2D eigenvalue weighted by Gasteiger charge is -2.34. The standard InChI is InChI=1S/C21H26N6O3S/c1-13-8-9-17(25-31(4,29)30)16(11-13)20(28)26-10-6-5-7-18(26)19-23-21-22-14(2)12-15(3)27(21)24-19/h8-9,11-12,18,25H,5-7,10H2,1-4H3/t18-/m0/s1. The number of nitrogens with one attached hydrogen (secondary N) is 1. The van der Waals surface area contributed by atoms with Gasteiger partial charge in [-0.2, -0.15) is 4.98 Å². The summed E-state index contributed by atoms with van der Waals surface area (Å²) in [6, 6.07) is 6.76. The van der Waals surface area contributed by atoms with Crippen molar-refractivity contribution in [2.24, 2.45) is 0 Å². The maximum absolute atomic E-state index is 13.6. The zero-order valence-electron chi connectivity index (χ0n) is 18.1. The molecule has 3 aromatic rings. The number of likely N-dealkylation sites (tertiary alicyclic amines) is 1. The summed E-state index contributed by atoms with van der Waals surface area (Å²) in [5, 5.41) is 4.64. The van der Waals surface area contributed by atoms with Crippen molar-refractivity contribution < 1.29 is 13.2 Å². The van der Waals surface area contributed by atoms with Gasteiger partial charge in [-0.05, 0) is 58.2 Å². The third-order valence-corrected chi connectivity index (χ3v) is 5.99. The predicted molar refractivity (Wildman–Crippen MR) is 118 cm³/mol. The average molecular weight is 443 g/mol. The van der Waals surface area contributed by atoms with Crippen LogP contribution in [0.5, 0.6) is 0 Å². The molecule has 1 atom stereocenters. The van der Waals surface area contributed by atoms with Gasteiger partial charge in [0.15, 0.2) is 5.82 Å². The normalized spacial score (nSPS) is 17.2. The highest BCUT2D eigenvalue weighted by Gasteiger charge is 2.33. The topological polar surface area (TPSA) is 110 Å². The molecule has 9 nitrogen and oxygen atoms in total. The van der Waals surface area contributed by atoms with Crippen molar-refractivity contribution in [2.45, 2.75) is 46.1 Å². The highest BCUT2D eigenvalue weighted by Crippen LogP contribution is 2.32. The fourth-order valence-corrected chi connectivity index (χ4v) is 4.62. The molecule has 0 aliphatic carbocycles. The maximum Gasteiger partial charge on any atom is 0.256 e. The summed E-state index contributed by atoms with van der Waals surface area (Å²) in [4.78, 5) is 24.4. The Morgan fingerprint density at radius 1 is 1.13 bits per heavy atom. The van der Waals surface area contributed by atoms with Crippen LogP contribution in [-0.4, -0.2) is 51.6 Å². The van der Waals surface area contributed by atoms with Crippen molar-refractivity contribution in [1.82, 2.24) is 24.5 Å². The van der Waals surface area contributed by atoms with E-state index in [1.807, 2.05) is 26.8 Å². The molecule has 31 heavy (non-hydrogen) atoms. The number of fused-ring (bicyclic) bond motifs is 1. The van der Waals surface area contributed by atoms with E-state index in [0.717, 1.165) is 42.5 Å². The predicted octanol–water partition coefficient (Wildman–Crippen LogP) is 2.79.